The van der Waals surface area contributed by atoms with Gasteiger partial charge in [-0.05, 0) is 45.7 Å². The molecule has 18 heavy (non-hydrogen) atoms. The normalized spacial score (nSPS) is 19.5. The molecule has 0 bridgehead atoms. The molecule has 0 spiro atoms. The van der Waals surface area contributed by atoms with E-state index in [1.807, 2.05) is 0 Å². The van der Waals surface area contributed by atoms with Gasteiger partial charge in [0.2, 0.25) is 0 Å². The van der Waals surface area contributed by atoms with E-state index in [-0.39, 0.29) is 0 Å². The highest BCUT2D eigenvalue weighted by atomic mass is 15.3. The standard InChI is InChI=1S/C14H30N4/c1-5-17(6-2)14(15)16-11-13(12(3)4)18-9-7-8-10-18/h12-13H,5-11H2,1-4H3,(H2,15,16). The Labute approximate surface area is 112 Å². The first-order valence-corrected chi connectivity index (χ1v) is 7.39. The highest BCUT2D eigenvalue weighted by molar-refractivity contribution is 5.78. The Bertz CT molecular complexity index is 253. The summed E-state index contributed by atoms with van der Waals surface area (Å²) < 4.78 is 0. The lowest BCUT2D eigenvalue weighted by Crippen LogP contribution is -2.42. The molecule has 0 aromatic carbocycles. The van der Waals surface area contributed by atoms with E-state index in [9.17, 15) is 0 Å². The number of nitrogens with two attached hydrogens (primary N) is 1. The van der Waals surface area contributed by atoms with Crippen LogP contribution < -0.4 is 5.73 Å². The number of aliphatic imine (C=N–C) groups is 1. The number of likely N-dealkylation sites (tertiary alicyclic amines) is 1. The van der Waals surface area contributed by atoms with Crippen LogP contribution in [0.15, 0.2) is 4.99 Å². The molecule has 1 aliphatic rings. The lowest BCUT2D eigenvalue weighted by atomic mass is 10.0. The Morgan fingerprint density at radius 1 is 1.22 bits per heavy atom. The summed E-state index contributed by atoms with van der Waals surface area (Å²) >= 11 is 0. The van der Waals surface area contributed by atoms with Crippen LogP contribution in [0.25, 0.3) is 0 Å². The highest BCUT2D eigenvalue weighted by Crippen LogP contribution is 2.17. The average molecular weight is 254 g/mol. The number of rotatable bonds is 6. The fraction of sp³-hybridized carbons (Fsp3) is 0.929. The average Bonchev–Trinajstić information content (AvgIpc) is 2.84. The van der Waals surface area contributed by atoms with Crippen molar-refractivity contribution in [3.05, 3.63) is 0 Å². The van der Waals surface area contributed by atoms with Crippen LogP contribution in [0.4, 0.5) is 0 Å². The Morgan fingerprint density at radius 2 is 1.78 bits per heavy atom. The molecular weight excluding hydrogens is 224 g/mol. The van der Waals surface area contributed by atoms with E-state index in [0.717, 1.165) is 19.6 Å². The van der Waals surface area contributed by atoms with Gasteiger partial charge in [0.15, 0.2) is 5.96 Å². The molecule has 0 aromatic heterocycles. The molecule has 1 unspecified atom stereocenters. The number of nitrogens with zero attached hydrogens (tertiary/aromatic N) is 3. The number of guanidine groups is 1. The number of hydrogen-bond donors (Lipinski definition) is 1. The van der Waals surface area contributed by atoms with Gasteiger partial charge in [0.25, 0.3) is 0 Å². The van der Waals surface area contributed by atoms with Crippen LogP contribution in [-0.4, -0.2) is 54.5 Å². The second-order valence-corrected chi connectivity index (χ2v) is 5.43. The fourth-order valence-electron chi connectivity index (χ4n) is 2.66. The van der Waals surface area contributed by atoms with Crippen molar-refractivity contribution in [3.8, 4) is 0 Å². The molecule has 0 radical (unpaired) electrons. The lowest BCUT2D eigenvalue weighted by Gasteiger charge is -2.30. The van der Waals surface area contributed by atoms with Gasteiger partial charge in [0.05, 0.1) is 6.54 Å². The van der Waals surface area contributed by atoms with E-state index < -0.39 is 0 Å². The summed E-state index contributed by atoms with van der Waals surface area (Å²) in [7, 11) is 0. The van der Waals surface area contributed by atoms with Crippen molar-refractivity contribution < 1.29 is 0 Å². The molecule has 1 saturated heterocycles. The Kier molecular flexibility index (Phi) is 6.47. The van der Waals surface area contributed by atoms with E-state index >= 15 is 0 Å². The van der Waals surface area contributed by atoms with Gasteiger partial charge in [-0.2, -0.15) is 0 Å². The highest BCUT2D eigenvalue weighted by Gasteiger charge is 2.24. The zero-order valence-electron chi connectivity index (χ0n) is 12.5. The molecule has 4 heteroatoms. The summed E-state index contributed by atoms with van der Waals surface area (Å²) in [6.07, 6.45) is 2.66. The molecule has 1 atom stereocenters. The third-order valence-corrected chi connectivity index (χ3v) is 3.91. The van der Waals surface area contributed by atoms with Crippen LogP contribution in [0.2, 0.25) is 0 Å². The van der Waals surface area contributed by atoms with Crippen LogP contribution in [0.5, 0.6) is 0 Å². The summed E-state index contributed by atoms with van der Waals surface area (Å²) in [5.74, 6) is 1.33. The van der Waals surface area contributed by atoms with Gasteiger partial charge in [0, 0.05) is 19.1 Å². The summed E-state index contributed by atoms with van der Waals surface area (Å²) in [4.78, 5) is 9.30. The first-order valence-electron chi connectivity index (χ1n) is 7.39. The van der Waals surface area contributed by atoms with Crippen LogP contribution in [0.1, 0.15) is 40.5 Å². The minimum absolute atomic E-state index is 0.543. The molecule has 0 saturated carbocycles. The Hall–Kier alpha value is -0.770. The Balaban J connectivity index is 2.58. The molecule has 0 aromatic rings. The van der Waals surface area contributed by atoms with Gasteiger partial charge in [-0.15, -0.1) is 0 Å². The third-order valence-electron chi connectivity index (χ3n) is 3.91. The summed E-state index contributed by atoms with van der Waals surface area (Å²) in [6.45, 7) is 14.0. The summed E-state index contributed by atoms with van der Waals surface area (Å²) in [6, 6.07) is 0.543. The van der Waals surface area contributed by atoms with E-state index in [1.54, 1.807) is 0 Å². The van der Waals surface area contributed by atoms with Gasteiger partial charge in [-0.25, -0.2) is 0 Å². The smallest absolute Gasteiger partial charge is 0.191 e. The molecule has 0 aliphatic carbocycles. The van der Waals surface area contributed by atoms with Crippen LogP contribution in [0.3, 0.4) is 0 Å². The zero-order chi connectivity index (χ0) is 13.5. The second kappa shape index (κ2) is 7.62. The topological polar surface area (TPSA) is 44.9 Å². The molecule has 2 N–H and O–H groups in total. The van der Waals surface area contributed by atoms with Gasteiger partial charge in [0.1, 0.15) is 0 Å². The van der Waals surface area contributed by atoms with Crippen molar-refractivity contribution in [3.63, 3.8) is 0 Å². The minimum atomic E-state index is 0.543. The quantitative estimate of drug-likeness (QED) is 0.580. The summed E-state index contributed by atoms with van der Waals surface area (Å²) in [5, 5.41) is 0. The second-order valence-electron chi connectivity index (χ2n) is 5.43. The first-order chi connectivity index (χ1) is 8.60. The zero-order valence-corrected chi connectivity index (χ0v) is 12.5. The van der Waals surface area contributed by atoms with Crippen LogP contribution >= 0.6 is 0 Å². The van der Waals surface area contributed by atoms with Crippen molar-refractivity contribution in [2.45, 2.75) is 46.6 Å². The maximum Gasteiger partial charge on any atom is 0.191 e. The van der Waals surface area contributed by atoms with Crippen molar-refractivity contribution in [1.82, 2.24) is 9.80 Å². The van der Waals surface area contributed by atoms with Crippen molar-refractivity contribution in [2.24, 2.45) is 16.6 Å². The molecule has 1 rings (SSSR count). The summed E-state index contributed by atoms with van der Waals surface area (Å²) in [5.41, 5.74) is 6.04. The largest absolute Gasteiger partial charge is 0.370 e. The van der Waals surface area contributed by atoms with E-state index in [4.69, 9.17) is 5.73 Å². The molecule has 1 aliphatic heterocycles. The number of hydrogen-bond acceptors (Lipinski definition) is 2. The van der Waals surface area contributed by atoms with Gasteiger partial charge < -0.3 is 10.6 Å². The molecule has 1 heterocycles. The monoisotopic (exact) mass is 254 g/mol. The van der Waals surface area contributed by atoms with Crippen molar-refractivity contribution in [2.75, 3.05) is 32.7 Å². The molecule has 1 fully saturated rings. The molecule has 106 valence electrons. The SMILES string of the molecule is CCN(CC)C(N)=NCC(C(C)C)N1CCCC1. The molecular formula is C14H30N4. The molecule has 4 nitrogen and oxygen atoms in total. The van der Waals surface area contributed by atoms with Crippen LogP contribution in [-0.2, 0) is 0 Å². The van der Waals surface area contributed by atoms with Crippen LogP contribution in [0, 0.1) is 5.92 Å². The fourth-order valence-corrected chi connectivity index (χ4v) is 2.66. The van der Waals surface area contributed by atoms with Gasteiger partial charge >= 0.3 is 0 Å². The lowest BCUT2D eigenvalue weighted by molar-refractivity contribution is 0.197. The maximum absolute atomic E-state index is 6.04. The van der Waals surface area contributed by atoms with E-state index in [0.29, 0.717) is 17.9 Å². The Morgan fingerprint density at radius 3 is 2.22 bits per heavy atom. The van der Waals surface area contributed by atoms with E-state index in [1.165, 1.54) is 25.9 Å². The predicted octanol–water partition coefficient (Wildman–Crippen LogP) is 1.76. The predicted molar refractivity (Wildman–Crippen MR) is 78.8 cm³/mol. The van der Waals surface area contributed by atoms with Gasteiger partial charge in [-0.1, -0.05) is 13.8 Å². The van der Waals surface area contributed by atoms with Gasteiger partial charge in [-0.3, -0.25) is 9.89 Å². The third kappa shape index (κ3) is 4.16. The van der Waals surface area contributed by atoms with E-state index in [2.05, 4.69) is 42.5 Å². The van der Waals surface area contributed by atoms with Crippen molar-refractivity contribution in [1.29, 1.82) is 0 Å². The first kappa shape index (κ1) is 15.3. The maximum atomic E-state index is 6.04. The molecule has 0 amide bonds. The van der Waals surface area contributed by atoms with Crippen molar-refractivity contribution >= 4 is 5.96 Å². The minimum Gasteiger partial charge on any atom is -0.370 e.